The van der Waals surface area contributed by atoms with E-state index in [1.54, 1.807) is 9.58 Å². The van der Waals surface area contributed by atoms with Crippen molar-refractivity contribution >= 4 is 29.2 Å². The smallest absolute Gasteiger partial charge is 0.233 e. The van der Waals surface area contributed by atoms with Crippen LogP contribution in [0.5, 0.6) is 0 Å². The molecule has 0 saturated carbocycles. The van der Waals surface area contributed by atoms with Crippen LogP contribution >= 0.6 is 11.6 Å². The van der Waals surface area contributed by atoms with Gasteiger partial charge in [-0.25, -0.2) is 0 Å². The SMILES string of the molecule is Cc1nn(C)cc1Nc1nc(Cl)nc(N(C)C)n1. The Morgan fingerprint density at radius 3 is 2.56 bits per heavy atom. The normalized spacial score (nSPS) is 10.5. The zero-order valence-electron chi connectivity index (χ0n) is 10.6. The van der Waals surface area contributed by atoms with Crippen LogP contribution in [0.2, 0.25) is 5.28 Å². The number of halogens is 1. The molecule has 0 aliphatic rings. The number of hydrogen-bond donors (Lipinski definition) is 1. The van der Waals surface area contributed by atoms with Crippen molar-refractivity contribution in [2.75, 3.05) is 24.3 Å². The van der Waals surface area contributed by atoms with E-state index < -0.39 is 0 Å². The minimum absolute atomic E-state index is 0.151. The Hall–Kier alpha value is -1.89. The molecule has 0 saturated heterocycles. The largest absolute Gasteiger partial charge is 0.347 e. The maximum absolute atomic E-state index is 5.86. The number of anilines is 3. The lowest BCUT2D eigenvalue weighted by Gasteiger charge is -2.11. The minimum atomic E-state index is 0.151. The highest BCUT2D eigenvalue weighted by atomic mass is 35.5. The van der Waals surface area contributed by atoms with Crippen molar-refractivity contribution in [2.45, 2.75) is 6.92 Å². The summed E-state index contributed by atoms with van der Waals surface area (Å²) in [6, 6.07) is 0. The maximum Gasteiger partial charge on any atom is 0.233 e. The van der Waals surface area contributed by atoms with E-state index in [9.17, 15) is 0 Å². The van der Waals surface area contributed by atoms with E-state index in [-0.39, 0.29) is 5.28 Å². The van der Waals surface area contributed by atoms with Crippen LogP contribution in [0.4, 0.5) is 17.6 Å². The molecule has 7 nitrogen and oxygen atoms in total. The number of hydrogen-bond acceptors (Lipinski definition) is 6. The Kier molecular flexibility index (Phi) is 3.33. The molecule has 8 heteroatoms. The lowest BCUT2D eigenvalue weighted by Crippen LogP contribution is -2.14. The Morgan fingerprint density at radius 2 is 2.00 bits per heavy atom. The van der Waals surface area contributed by atoms with Gasteiger partial charge < -0.3 is 10.2 Å². The van der Waals surface area contributed by atoms with Crippen molar-refractivity contribution in [3.05, 3.63) is 17.2 Å². The summed E-state index contributed by atoms with van der Waals surface area (Å²) in [4.78, 5) is 14.0. The summed E-state index contributed by atoms with van der Waals surface area (Å²) in [6.07, 6.45) is 1.85. The Labute approximate surface area is 110 Å². The van der Waals surface area contributed by atoms with Crippen LogP contribution in [0.1, 0.15) is 5.69 Å². The van der Waals surface area contributed by atoms with Gasteiger partial charge in [0.2, 0.25) is 17.2 Å². The second kappa shape index (κ2) is 4.77. The molecule has 2 heterocycles. The summed E-state index contributed by atoms with van der Waals surface area (Å²) in [5.74, 6) is 0.897. The van der Waals surface area contributed by atoms with Crippen LogP contribution in [-0.4, -0.2) is 38.8 Å². The lowest BCUT2D eigenvalue weighted by molar-refractivity contribution is 0.756. The molecular formula is C10H14ClN7. The van der Waals surface area contributed by atoms with E-state index in [1.165, 1.54) is 0 Å². The van der Waals surface area contributed by atoms with Crippen LogP contribution in [0.25, 0.3) is 0 Å². The summed E-state index contributed by atoms with van der Waals surface area (Å²) >= 11 is 5.86. The van der Waals surface area contributed by atoms with Gasteiger partial charge in [0.15, 0.2) is 0 Å². The monoisotopic (exact) mass is 267 g/mol. The van der Waals surface area contributed by atoms with Crippen LogP contribution in [0.15, 0.2) is 6.20 Å². The second-order valence-corrected chi connectivity index (χ2v) is 4.39. The fourth-order valence-corrected chi connectivity index (χ4v) is 1.59. The van der Waals surface area contributed by atoms with Crippen molar-refractivity contribution in [1.29, 1.82) is 0 Å². The molecule has 0 atom stereocenters. The molecular weight excluding hydrogens is 254 g/mol. The quantitative estimate of drug-likeness (QED) is 0.906. The average molecular weight is 268 g/mol. The first-order valence-electron chi connectivity index (χ1n) is 5.32. The van der Waals surface area contributed by atoms with E-state index in [4.69, 9.17) is 11.6 Å². The number of nitrogens with one attached hydrogen (secondary N) is 1. The molecule has 2 rings (SSSR count). The number of aromatic nitrogens is 5. The molecule has 2 aromatic rings. The predicted molar refractivity (Wildman–Crippen MR) is 70.4 cm³/mol. The van der Waals surface area contributed by atoms with Crippen LogP contribution in [0, 0.1) is 6.92 Å². The summed E-state index contributed by atoms with van der Waals surface area (Å²) < 4.78 is 1.72. The highest BCUT2D eigenvalue weighted by Gasteiger charge is 2.09. The van der Waals surface area contributed by atoms with Crippen LogP contribution < -0.4 is 10.2 Å². The van der Waals surface area contributed by atoms with Gasteiger partial charge in [0, 0.05) is 27.3 Å². The molecule has 2 aromatic heterocycles. The predicted octanol–water partition coefficient (Wildman–Crippen LogP) is 1.38. The van der Waals surface area contributed by atoms with E-state index >= 15 is 0 Å². The Balaban J connectivity index is 2.31. The third kappa shape index (κ3) is 2.67. The van der Waals surface area contributed by atoms with Gasteiger partial charge in [0.1, 0.15) is 0 Å². The van der Waals surface area contributed by atoms with Crippen molar-refractivity contribution in [3.8, 4) is 0 Å². The van der Waals surface area contributed by atoms with Gasteiger partial charge in [-0.1, -0.05) is 0 Å². The van der Waals surface area contributed by atoms with Crippen LogP contribution in [-0.2, 0) is 7.05 Å². The third-order valence-corrected chi connectivity index (χ3v) is 2.43. The summed E-state index contributed by atoms with van der Waals surface area (Å²) in [5, 5.41) is 7.45. The summed E-state index contributed by atoms with van der Waals surface area (Å²) in [7, 11) is 5.53. The van der Waals surface area contributed by atoms with Crippen molar-refractivity contribution < 1.29 is 0 Å². The summed E-state index contributed by atoms with van der Waals surface area (Å²) in [6.45, 7) is 1.90. The van der Waals surface area contributed by atoms with E-state index in [2.05, 4.69) is 25.4 Å². The first-order valence-corrected chi connectivity index (χ1v) is 5.69. The third-order valence-electron chi connectivity index (χ3n) is 2.26. The highest BCUT2D eigenvalue weighted by molar-refractivity contribution is 6.28. The van der Waals surface area contributed by atoms with Gasteiger partial charge in [-0.15, -0.1) is 0 Å². The molecule has 0 spiro atoms. The molecule has 0 amide bonds. The molecule has 1 N–H and O–H groups in total. The molecule has 0 fully saturated rings. The molecule has 0 bridgehead atoms. The molecule has 0 aromatic carbocycles. The van der Waals surface area contributed by atoms with Crippen molar-refractivity contribution in [2.24, 2.45) is 7.05 Å². The first-order chi connectivity index (χ1) is 8.45. The topological polar surface area (TPSA) is 71.8 Å². The van der Waals surface area contributed by atoms with Gasteiger partial charge in [0.05, 0.1) is 11.4 Å². The van der Waals surface area contributed by atoms with Gasteiger partial charge >= 0.3 is 0 Å². The number of nitrogens with zero attached hydrogens (tertiary/aromatic N) is 6. The Morgan fingerprint density at radius 1 is 1.28 bits per heavy atom. The maximum atomic E-state index is 5.86. The van der Waals surface area contributed by atoms with Gasteiger partial charge in [-0.05, 0) is 18.5 Å². The molecule has 96 valence electrons. The Bertz CT molecular complexity index is 563. The molecule has 0 aliphatic carbocycles. The van der Waals surface area contributed by atoms with E-state index in [0.29, 0.717) is 11.9 Å². The zero-order valence-corrected chi connectivity index (χ0v) is 11.4. The standard InChI is InChI=1S/C10H14ClN7/c1-6-7(5-18(4)16-6)12-9-13-8(11)14-10(15-9)17(2)3/h5H,1-4H3,(H,12,13,14,15). The second-order valence-electron chi connectivity index (χ2n) is 4.05. The van der Waals surface area contributed by atoms with Crippen LogP contribution in [0.3, 0.4) is 0 Å². The summed E-state index contributed by atoms with van der Waals surface area (Å²) in [5.41, 5.74) is 1.70. The molecule has 0 unspecified atom stereocenters. The molecule has 18 heavy (non-hydrogen) atoms. The minimum Gasteiger partial charge on any atom is -0.347 e. The average Bonchev–Trinajstić information content (AvgIpc) is 2.56. The first kappa shape index (κ1) is 12.6. The van der Waals surface area contributed by atoms with Gasteiger partial charge in [-0.3, -0.25) is 4.68 Å². The fourth-order valence-electron chi connectivity index (χ4n) is 1.44. The van der Waals surface area contributed by atoms with Gasteiger partial charge in [0.25, 0.3) is 0 Å². The lowest BCUT2D eigenvalue weighted by atomic mass is 10.4. The van der Waals surface area contributed by atoms with Gasteiger partial charge in [-0.2, -0.15) is 20.1 Å². The molecule has 0 radical (unpaired) electrons. The van der Waals surface area contributed by atoms with E-state index in [1.807, 2.05) is 34.3 Å². The molecule has 0 aliphatic heterocycles. The number of aryl methyl sites for hydroxylation is 2. The van der Waals surface area contributed by atoms with Crippen molar-refractivity contribution in [3.63, 3.8) is 0 Å². The highest BCUT2D eigenvalue weighted by Crippen LogP contribution is 2.18. The van der Waals surface area contributed by atoms with Crippen molar-refractivity contribution in [1.82, 2.24) is 24.7 Å². The number of rotatable bonds is 3. The zero-order chi connectivity index (χ0) is 13.3. The fraction of sp³-hybridized carbons (Fsp3) is 0.400. The van der Waals surface area contributed by atoms with E-state index in [0.717, 1.165) is 11.4 Å².